The second-order valence-electron chi connectivity index (χ2n) is 7.26. The Morgan fingerprint density at radius 3 is 2.57 bits per heavy atom. The second-order valence-corrected chi connectivity index (χ2v) is 7.26. The molecule has 1 heterocycles. The summed E-state index contributed by atoms with van der Waals surface area (Å²) in [5.74, 6) is -1.77. The number of anilines is 1. The van der Waals surface area contributed by atoms with Crippen LogP contribution in [-0.4, -0.2) is 59.9 Å². The van der Waals surface area contributed by atoms with Crippen LogP contribution in [0.4, 0.5) is 10.5 Å². The number of hydrogen-bond acceptors (Lipinski definition) is 6. The second kappa shape index (κ2) is 9.86. The van der Waals surface area contributed by atoms with E-state index >= 15 is 0 Å². The van der Waals surface area contributed by atoms with Crippen LogP contribution in [0.25, 0.3) is 0 Å². The van der Waals surface area contributed by atoms with Crippen LogP contribution >= 0.6 is 0 Å². The van der Waals surface area contributed by atoms with Crippen molar-refractivity contribution in [1.82, 2.24) is 15.5 Å². The van der Waals surface area contributed by atoms with Gasteiger partial charge < -0.3 is 20.7 Å². The summed E-state index contributed by atoms with van der Waals surface area (Å²) in [7, 11) is 0. The zero-order valence-electron chi connectivity index (χ0n) is 17.2. The van der Waals surface area contributed by atoms with Crippen LogP contribution in [0.15, 0.2) is 24.3 Å². The van der Waals surface area contributed by atoms with Crippen LogP contribution in [0.5, 0.6) is 0 Å². The van der Waals surface area contributed by atoms with Crippen molar-refractivity contribution >= 4 is 35.4 Å². The molecule has 0 aromatic heterocycles. The molecule has 1 aromatic carbocycles. The largest absolute Gasteiger partial charge is 0.456 e. The van der Waals surface area contributed by atoms with Crippen molar-refractivity contribution in [2.45, 2.75) is 39.2 Å². The van der Waals surface area contributed by atoms with Crippen LogP contribution < -0.4 is 16.0 Å². The number of hydrogen-bond donors (Lipinski definition) is 3. The van der Waals surface area contributed by atoms with Gasteiger partial charge in [0.05, 0.1) is 0 Å². The number of esters is 1. The van der Waals surface area contributed by atoms with Crippen molar-refractivity contribution in [2.75, 3.05) is 25.0 Å². The lowest BCUT2D eigenvalue weighted by molar-refractivity contribution is -0.147. The quantitative estimate of drug-likeness (QED) is 0.405. The molecule has 3 N–H and O–H groups in total. The average molecular weight is 418 g/mol. The molecule has 0 unspecified atom stereocenters. The summed E-state index contributed by atoms with van der Waals surface area (Å²) in [4.78, 5) is 60.5. The molecular formula is C20H26N4O6. The number of ether oxygens (including phenoxy) is 1. The molecule has 1 saturated heterocycles. The summed E-state index contributed by atoms with van der Waals surface area (Å²) in [6.07, 6.45) is 0.182. The van der Waals surface area contributed by atoms with Gasteiger partial charge in [-0.3, -0.25) is 24.1 Å². The smallest absolute Gasteiger partial charge is 0.325 e. The molecule has 10 nitrogen and oxygen atoms in total. The third-order valence-corrected chi connectivity index (χ3v) is 4.32. The average Bonchev–Trinajstić information content (AvgIpc) is 2.88. The molecule has 0 bridgehead atoms. The van der Waals surface area contributed by atoms with Crippen molar-refractivity contribution in [2.24, 2.45) is 0 Å². The van der Waals surface area contributed by atoms with Crippen LogP contribution in [0.3, 0.4) is 0 Å². The molecule has 1 fully saturated rings. The highest BCUT2D eigenvalue weighted by atomic mass is 16.5. The Morgan fingerprint density at radius 2 is 1.93 bits per heavy atom. The fourth-order valence-corrected chi connectivity index (χ4v) is 2.82. The first-order valence-electron chi connectivity index (χ1n) is 9.62. The van der Waals surface area contributed by atoms with E-state index in [1.54, 1.807) is 39.0 Å². The molecule has 0 radical (unpaired) electrons. The first-order chi connectivity index (χ1) is 14.1. The number of nitrogens with zero attached hydrogens (tertiary/aromatic N) is 1. The minimum Gasteiger partial charge on any atom is -0.456 e. The van der Waals surface area contributed by atoms with Gasteiger partial charge in [-0.2, -0.15) is 0 Å². The number of urea groups is 1. The van der Waals surface area contributed by atoms with Gasteiger partial charge in [0.25, 0.3) is 17.7 Å². The third kappa shape index (κ3) is 6.03. The molecule has 0 atom stereocenters. The van der Waals surface area contributed by atoms with Gasteiger partial charge in [0, 0.05) is 30.8 Å². The summed E-state index contributed by atoms with van der Waals surface area (Å²) < 4.78 is 4.92. The highest BCUT2D eigenvalue weighted by Gasteiger charge is 2.43. The topological polar surface area (TPSA) is 134 Å². The number of carbonyl (C=O) groups is 5. The minimum absolute atomic E-state index is 0.0442. The van der Waals surface area contributed by atoms with Gasteiger partial charge in [-0.25, -0.2) is 4.79 Å². The first kappa shape index (κ1) is 22.9. The summed E-state index contributed by atoms with van der Waals surface area (Å²) >= 11 is 0. The van der Waals surface area contributed by atoms with Crippen molar-refractivity contribution < 1.29 is 28.7 Å². The Labute approximate surface area is 174 Å². The van der Waals surface area contributed by atoms with Crippen molar-refractivity contribution in [3.05, 3.63) is 29.8 Å². The van der Waals surface area contributed by atoms with Crippen LogP contribution in [0.1, 0.15) is 44.0 Å². The zero-order valence-corrected chi connectivity index (χ0v) is 17.2. The lowest BCUT2D eigenvalue weighted by atomic mass is 10.1. The SMILES string of the molecule is CCNC(=O)c1cccc(NC(=O)COC(=O)CCCN2C(=O)NC(C)(C)C2=O)c1. The van der Waals surface area contributed by atoms with Crippen molar-refractivity contribution in [1.29, 1.82) is 0 Å². The Kier molecular flexibility index (Phi) is 7.51. The van der Waals surface area contributed by atoms with Gasteiger partial charge in [-0.1, -0.05) is 6.07 Å². The van der Waals surface area contributed by atoms with E-state index in [0.717, 1.165) is 4.90 Å². The highest BCUT2D eigenvalue weighted by molar-refractivity contribution is 6.06. The predicted octanol–water partition coefficient (Wildman–Crippen LogP) is 1.03. The molecule has 1 aliphatic rings. The van der Waals surface area contributed by atoms with Gasteiger partial charge in [-0.15, -0.1) is 0 Å². The Hall–Kier alpha value is -3.43. The van der Waals surface area contributed by atoms with E-state index in [0.29, 0.717) is 17.8 Å². The normalized spacial score (nSPS) is 14.8. The number of nitrogens with one attached hydrogen (secondary N) is 3. The van der Waals surface area contributed by atoms with E-state index < -0.39 is 30.1 Å². The molecule has 30 heavy (non-hydrogen) atoms. The van der Waals surface area contributed by atoms with E-state index in [9.17, 15) is 24.0 Å². The summed E-state index contributed by atoms with van der Waals surface area (Å²) in [5, 5.41) is 7.77. The van der Waals surface area contributed by atoms with Gasteiger partial charge in [-0.05, 0) is 45.4 Å². The molecule has 10 heteroatoms. The predicted molar refractivity (Wildman–Crippen MR) is 108 cm³/mol. The maximum Gasteiger partial charge on any atom is 0.325 e. The zero-order chi connectivity index (χ0) is 22.3. The van der Waals surface area contributed by atoms with Crippen LogP contribution in [0, 0.1) is 0 Å². The fraction of sp³-hybridized carbons (Fsp3) is 0.450. The highest BCUT2D eigenvalue weighted by Crippen LogP contribution is 2.17. The Bertz CT molecular complexity index is 851. The Balaban J connectivity index is 1.73. The Morgan fingerprint density at radius 1 is 1.20 bits per heavy atom. The first-order valence-corrected chi connectivity index (χ1v) is 9.62. The van der Waals surface area contributed by atoms with Gasteiger partial charge in [0.2, 0.25) is 0 Å². The van der Waals surface area contributed by atoms with Crippen molar-refractivity contribution in [3.63, 3.8) is 0 Å². The molecule has 1 aromatic rings. The monoisotopic (exact) mass is 418 g/mol. The molecule has 1 aliphatic heterocycles. The third-order valence-electron chi connectivity index (χ3n) is 4.32. The molecular weight excluding hydrogens is 392 g/mol. The lowest BCUT2D eigenvalue weighted by Gasteiger charge is -2.15. The number of imide groups is 1. The maximum absolute atomic E-state index is 12.1. The molecule has 0 saturated carbocycles. The van der Waals surface area contributed by atoms with Gasteiger partial charge >= 0.3 is 12.0 Å². The number of rotatable bonds is 9. The van der Waals surface area contributed by atoms with Gasteiger partial charge in [0.15, 0.2) is 6.61 Å². The van der Waals surface area contributed by atoms with Crippen molar-refractivity contribution in [3.8, 4) is 0 Å². The molecule has 0 spiro atoms. The minimum atomic E-state index is -0.954. The summed E-state index contributed by atoms with van der Waals surface area (Å²) in [6.45, 7) is 5.09. The van der Waals surface area contributed by atoms with Crippen LogP contribution in [-0.2, 0) is 19.1 Å². The lowest BCUT2D eigenvalue weighted by Crippen LogP contribution is -2.40. The standard InChI is InChI=1S/C20H26N4O6/c1-4-21-17(27)13-7-5-8-14(11-13)22-15(25)12-30-16(26)9-6-10-24-18(28)20(2,3)23-19(24)29/h5,7-8,11H,4,6,9-10,12H2,1-3H3,(H,21,27)(H,22,25)(H,23,29). The van der Waals surface area contributed by atoms with E-state index in [2.05, 4.69) is 16.0 Å². The number of carbonyl (C=O) groups excluding carboxylic acids is 5. The van der Waals surface area contributed by atoms with E-state index in [-0.39, 0.29) is 31.2 Å². The van der Waals surface area contributed by atoms with E-state index in [4.69, 9.17) is 4.74 Å². The van der Waals surface area contributed by atoms with Crippen LogP contribution in [0.2, 0.25) is 0 Å². The van der Waals surface area contributed by atoms with E-state index in [1.165, 1.54) is 6.07 Å². The summed E-state index contributed by atoms with van der Waals surface area (Å²) in [5.41, 5.74) is -0.152. The number of amides is 5. The molecule has 0 aliphatic carbocycles. The molecule has 162 valence electrons. The maximum atomic E-state index is 12.1. The summed E-state index contributed by atoms with van der Waals surface area (Å²) in [6, 6.07) is 5.88. The fourth-order valence-electron chi connectivity index (χ4n) is 2.82. The van der Waals surface area contributed by atoms with E-state index in [1.807, 2.05) is 0 Å². The molecule has 2 rings (SSSR count). The van der Waals surface area contributed by atoms with Gasteiger partial charge in [0.1, 0.15) is 5.54 Å². The molecule has 5 amide bonds. The number of benzene rings is 1.